The van der Waals surface area contributed by atoms with Crippen molar-refractivity contribution >= 4 is 5.91 Å². The molecular formula is C8H15NO2. The molecule has 1 N–H and O–H groups in total. The van der Waals surface area contributed by atoms with E-state index in [0.717, 1.165) is 12.5 Å². The summed E-state index contributed by atoms with van der Waals surface area (Å²) in [6.45, 7) is 2.58. The van der Waals surface area contributed by atoms with Crippen LogP contribution < -0.4 is 5.32 Å². The van der Waals surface area contributed by atoms with Crippen LogP contribution in [-0.4, -0.2) is 25.7 Å². The quantitative estimate of drug-likeness (QED) is 0.647. The highest BCUT2D eigenvalue weighted by molar-refractivity contribution is 5.80. The fraction of sp³-hybridized carbons (Fsp3) is 0.875. The van der Waals surface area contributed by atoms with E-state index in [1.165, 1.54) is 12.8 Å². The van der Waals surface area contributed by atoms with Gasteiger partial charge in [-0.3, -0.25) is 4.79 Å². The van der Waals surface area contributed by atoms with Crippen LogP contribution in [0.15, 0.2) is 0 Å². The number of hydrogen-bond acceptors (Lipinski definition) is 2. The average Bonchev–Trinajstić information content (AvgIpc) is 2.81. The highest BCUT2D eigenvalue weighted by atomic mass is 16.5. The third-order valence-corrected chi connectivity index (χ3v) is 1.98. The number of carbonyl (C=O) groups is 1. The number of ether oxygens (including phenoxy) is 1. The Labute approximate surface area is 67.1 Å². The molecule has 1 unspecified atom stereocenters. The van der Waals surface area contributed by atoms with E-state index in [2.05, 4.69) is 5.32 Å². The normalized spacial score (nSPS) is 19.5. The molecule has 0 spiro atoms. The molecule has 0 bridgehead atoms. The molecule has 0 aromatic carbocycles. The van der Waals surface area contributed by atoms with Gasteiger partial charge in [0.25, 0.3) is 0 Å². The third-order valence-electron chi connectivity index (χ3n) is 1.98. The molecule has 11 heavy (non-hydrogen) atoms. The highest BCUT2D eigenvalue weighted by Gasteiger charge is 2.22. The molecule has 0 saturated heterocycles. The van der Waals surface area contributed by atoms with Crippen LogP contribution in [0, 0.1) is 5.92 Å². The number of amides is 1. The van der Waals surface area contributed by atoms with E-state index in [1.54, 1.807) is 14.0 Å². The van der Waals surface area contributed by atoms with Crippen molar-refractivity contribution in [3.05, 3.63) is 0 Å². The zero-order valence-electron chi connectivity index (χ0n) is 7.09. The molecule has 64 valence electrons. The molecule has 0 aromatic rings. The standard InChI is InChI=1S/C8H15NO2/c1-6(11-2)8(10)9-5-7-3-4-7/h6-7H,3-5H2,1-2H3,(H,9,10). The Bertz CT molecular complexity index is 143. The molecule has 1 atom stereocenters. The summed E-state index contributed by atoms with van der Waals surface area (Å²) in [5, 5.41) is 2.83. The second-order valence-electron chi connectivity index (χ2n) is 3.07. The first-order chi connectivity index (χ1) is 5.24. The molecule has 1 fully saturated rings. The summed E-state index contributed by atoms with van der Waals surface area (Å²) in [5.41, 5.74) is 0. The maximum atomic E-state index is 11.1. The number of hydrogen-bond donors (Lipinski definition) is 1. The van der Waals surface area contributed by atoms with Gasteiger partial charge in [0.15, 0.2) is 0 Å². The van der Waals surface area contributed by atoms with E-state index in [9.17, 15) is 4.79 Å². The number of rotatable bonds is 4. The molecule has 1 saturated carbocycles. The smallest absolute Gasteiger partial charge is 0.248 e. The van der Waals surface area contributed by atoms with Crippen molar-refractivity contribution in [1.82, 2.24) is 5.32 Å². The van der Waals surface area contributed by atoms with Crippen molar-refractivity contribution in [2.75, 3.05) is 13.7 Å². The zero-order chi connectivity index (χ0) is 8.27. The molecule has 1 amide bonds. The van der Waals surface area contributed by atoms with Gasteiger partial charge in [-0.1, -0.05) is 0 Å². The van der Waals surface area contributed by atoms with Crippen LogP contribution in [0.2, 0.25) is 0 Å². The van der Waals surface area contributed by atoms with Crippen molar-refractivity contribution in [1.29, 1.82) is 0 Å². The van der Waals surface area contributed by atoms with E-state index in [4.69, 9.17) is 4.74 Å². The van der Waals surface area contributed by atoms with Gasteiger partial charge < -0.3 is 10.1 Å². The maximum absolute atomic E-state index is 11.1. The van der Waals surface area contributed by atoms with E-state index in [-0.39, 0.29) is 12.0 Å². The second kappa shape index (κ2) is 3.72. The molecule has 3 heteroatoms. The van der Waals surface area contributed by atoms with Crippen molar-refractivity contribution in [3.8, 4) is 0 Å². The molecule has 1 aliphatic rings. The lowest BCUT2D eigenvalue weighted by molar-refractivity contribution is -0.130. The van der Waals surface area contributed by atoms with Gasteiger partial charge in [0, 0.05) is 13.7 Å². The van der Waals surface area contributed by atoms with Gasteiger partial charge in [-0.25, -0.2) is 0 Å². The topological polar surface area (TPSA) is 38.3 Å². The first-order valence-electron chi connectivity index (χ1n) is 4.04. The Hall–Kier alpha value is -0.570. The van der Waals surface area contributed by atoms with Crippen LogP contribution in [0.5, 0.6) is 0 Å². The summed E-state index contributed by atoms with van der Waals surface area (Å²) in [7, 11) is 1.54. The summed E-state index contributed by atoms with van der Waals surface area (Å²) >= 11 is 0. The summed E-state index contributed by atoms with van der Waals surface area (Å²) in [4.78, 5) is 11.1. The molecule has 0 radical (unpaired) electrons. The van der Waals surface area contributed by atoms with E-state index in [0.29, 0.717) is 0 Å². The number of methoxy groups -OCH3 is 1. The highest BCUT2D eigenvalue weighted by Crippen LogP contribution is 2.27. The molecule has 0 aliphatic heterocycles. The van der Waals surface area contributed by atoms with E-state index < -0.39 is 0 Å². The Morgan fingerprint density at radius 3 is 2.82 bits per heavy atom. The van der Waals surface area contributed by atoms with Crippen LogP contribution in [0.4, 0.5) is 0 Å². The summed E-state index contributed by atoms with van der Waals surface area (Å²) in [6, 6.07) is 0. The SMILES string of the molecule is COC(C)C(=O)NCC1CC1. The Kier molecular flexibility index (Phi) is 2.88. The van der Waals surface area contributed by atoms with E-state index in [1.807, 2.05) is 0 Å². The van der Waals surface area contributed by atoms with Crippen LogP contribution in [-0.2, 0) is 9.53 Å². The predicted octanol–water partition coefficient (Wildman–Crippen LogP) is 0.547. The first kappa shape index (κ1) is 8.53. The molecule has 1 aliphatic carbocycles. The maximum Gasteiger partial charge on any atom is 0.248 e. The summed E-state index contributed by atoms with van der Waals surface area (Å²) < 4.78 is 4.85. The van der Waals surface area contributed by atoms with E-state index >= 15 is 0 Å². The average molecular weight is 157 g/mol. The number of carbonyl (C=O) groups excluding carboxylic acids is 1. The molecular weight excluding hydrogens is 142 g/mol. The molecule has 0 heterocycles. The third kappa shape index (κ3) is 2.89. The number of nitrogens with one attached hydrogen (secondary N) is 1. The van der Waals surface area contributed by atoms with Gasteiger partial charge in [0.1, 0.15) is 6.10 Å². The van der Waals surface area contributed by atoms with Crippen molar-refractivity contribution in [2.45, 2.75) is 25.9 Å². The molecule has 0 aromatic heterocycles. The van der Waals surface area contributed by atoms with Crippen LogP contribution in [0.3, 0.4) is 0 Å². The van der Waals surface area contributed by atoms with Gasteiger partial charge in [-0.05, 0) is 25.7 Å². The lowest BCUT2D eigenvalue weighted by Crippen LogP contribution is -2.34. The minimum absolute atomic E-state index is 0.000556. The zero-order valence-corrected chi connectivity index (χ0v) is 7.09. The summed E-state index contributed by atoms with van der Waals surface area (Å²) in [6.07, 6.45) is 2.22. The fourth-order valence-electron chi connectivity index (χ4n) is 0.818. The largest absolute Gasteiger partial charge is 0.372 e. The van der Waals surface area contributed by atoms with Gasteiger partial charge in [-0.2, -0.15) is 0 Å². The van der Waals surface area contributed by atoms with Gasteiger partial charge >= 0.3 is 0 Å². The minimum atomic E-state index is -0.311. The Morgan fingerprint density at radius 2 is 2.36 bits per heavy atom. The second-order valence-corrected chi connectivity index (χ2v) is 3.07. The minimum Gasteiger partial charge on any atom is -0.372 e. The molecule has 3 nitrogen and oxygen atoms in total. The van der Waals surface area contributed by atoms with Crippen LogP contribution >= 0.6 is 0 Å². The Balaban J connectivity index is 2.08. The fourth-order valence-corrected chi connectivity index (χ4v) is 0.818. The van der Waals surface area contributed by atoms with Crippen molar-refractivity contribution in [2.24, 2.45) is 5.92 Å². The van der Waals surface area contributed by atoms with Crippen LogP contribution in [0.1, 0.15) is 19.8 Å². The van der Waals surface area contributed by atoms with Gasteiger partial charge in [0.2, 0.25) is 5.91 Å². The first-order valence-corrected chi connectivity index (χ1v) is 4.04. The predicted molar refractivity (Wildman–Crippen MR) is 42.2 cm³/mol. The Morgan fingerprint density at radius 1 is 1.73 bits per heavy atom. The molecule has 1 rings (SSSR count). The van der Waals surface area contributed by atoms with Crippen molar-refractivity contribution in [3.63, 3.8) is 0 Å². The van der Waals surface area contributed by atoms with Crippen LogP contribution in [0.25, 0.3) is 0 Å². The summed E-state index contributed by atoms with van der Waals surface area (Å²) in [5.74, 6) is 0.738. The lowest BCUT2D eigenvalue weighted by atomic mass is 10.3. The van der Waals surface area contributed by atoms with Gasteiger partial charge in [0.05, 0.1) is 0 Å². The monoisotopic (exact) mass is 157 g/mol. The van der Waals surface area contributed by atoms with Gasteiger partial charge in [-0.15, -0.1) is 0 Å². The van der Waals surface area contributed by atoms with Crippen molar-refractivity contribution < 1.29 is 9.53 Å². The lowest BCUT2D eigenvalue weighted by Gasteiger charge is -2.09.